The Bertz CT molecular complexity index is 1160. The first-order valence-electron chi connectivity index (χ1n) is 13.3. The van der Waals surface area contributed by atoms with E-state index in [1.54, 1.807) is 12.1 Å². The van der Waals surface area contributed by atoms with Crippen molar-refractivity contribution in [3.05, 3.63) is 71.9 Å². The summed E-state index contributed by atoms with van der Waals surface area (Å²) >= 11 is 0. The van der Waals surface area contributed by atoms with Gasteiger partial charge in [-0.05, 0) is 79.6 Å². The normalized spacial score (nSPS) is 16.2. The van der Waals surface area contributed by atoms with Crippen molar-refractivity contribution in [2.24, 2.45) is 5.92 Å². The number of hydrogen-bond acceptors (Lipinski definition) is 5. The molecule has 7 heteroatoms. The van der Waals surface area contributed by atoms with E-state index in [1.165, 1.54) is 44.9 Å². The van der Waals surface area contributed by atoms with E-state index in [-0.39, 0.29) is 12.4 Å². The number of rotatable bonds is 9. The largest absolute Gasteiger partial charge is 0.493 e. The van der Waals surface area contributed by atoms with Crippen LogP contribution < -0.4 is 9.64 Å². The summed E-state index contributed by atoms with van der Waals surface area (Å²) in [7, 11) is 0. The molecule has 2 aromatic carbocycles. The number of carboxylic acids is 1. The fourth-order valence-electron chi connectivity index (χ4n) is 5.53. The van der Waals surface area contributed by atoms with Gasteiger partial charge in [0.05, 0.1) is 12.2 Å². The van der Waals surface area contributed by atoms with Crippen LogP contribution in [0, 0.1) is 5.92 Å². The van der Waals surface area contributed by atoms with E-state index >= 15 is 0 Å². The van der Waals surface area contributed by atoms with Gasteiger partial charge in [-0.1, -0.05) is 44.2 Å². The Hall–Kier alpha value is -3.12. The van der Waals surface area contributed by atoms with Crippen LogP contribution in [-0.4, -0.2) is 33.7 Å². The van der Waals surface area contributed by atoms with Gasteiger partial charge in [0.25, 0.3) is 0 Å². The molecular formula is C30H36ClN3O3. The fourth-order valence-corrected chi connectivity index (χ4v) is 5.53. The van der Waals surface area contributed by atoms with Crippen LogP contribution >= 0.6 is 12.4 Å². The minimum Gasteiger partial charge on any atom is -0.493 e. The number of hydrogen-bond donors (Lipinski definition) is 1. The minimum atomic E-state index is -0.903. The van der Waals surface area contributed by atoms with Gasteiger partial charge in [-0.25, -0.2) is 14.8 Å². The molecule has 2 aliphatic rings. The van der Waals surface area contributed by atoms with E-state index < -0.39 is 5.97 Å². The van der Waals surface area contributed by atoms with Crippen LogP contribution in [0.2, 0.25) is 0 Å². The molecule has 0 unspecified atom stereocenters. The number of aromatic carboxylic acids is 1. The van der Waals surface area contributed by atoms with E-state index in [4.69, 9.17) is 9.72 Å². The molecule has 1 aromatic heterocycles. The second-order valence-electron chi connectivity index (χ2n) is 10.1. The van der Waals surface area contributed by atoms with E-state index in [9.17, 15) is 9.90 Å². The van der Waals surface area contributed by atoms with Gasteiger partial charge in [0.2, 0.25) is 0 Å². The van der Waals surface area contributed by atoms with Crippen molar-refractivity contribution in [1.29, 1.82) is 0 Å². The second kappa shape index (κ2) is 12.9. The number of nitrogens with zero attached hydrogens (tertiary/aromatic N) is 3. The molecule has 0 bridgehead atoms. The first kappa shape index (κ1) is 26.9. The standard InChI is InChI=1S/C30H35N3O3.ClH/c34-30(35)25-10-6-9-23(19-25)20-33(26-11-4-5-12-26)28-17-18-31-29(32-28)24-13-15-27(16-14-24)36-21-22-7-2-1-3-8-22;/h6,9-10,13-19,22,26H,1-5,7-8,11-12,20-21H2,(H,34,35);1H. The molecular weight excluding hydrogens is 486 g/mol. The molecule has 3 aromatic rings. The maximum atomic E-state index is 11.5. The van der Waals surface area contributed by atoms with Crippen molar-refractivity contribution in [3.63, 3.8) is 0 Å². The van der Waals surface area contributed by atoms with Crippen molar-refractivity contribution in [3.8, 4) is 17.1 Å². The number of carboxylic acid groups (broad SMARTS) is 1. The molecule has 0 radical (unpaired) electrons. The van der Waals surface area contributed by atoms with Crippen molar-refractivity contribution in [1.82, 2.24) is 9.97 Å². The van der Waals surface area contributed by atoms with Crippen molar-refractivity contribution in [2.45, 2.75) is 70.4 Å². The molecule has 0 saturated heterocycles. The summed E-state index contributed by atoms with van der Waals surface area (Å²) < 4.78 is 6.07. The highest BCUT2D eigenvalue weighted by molar-refractivity contribution is 5.87. The Morgan fingerprint density at radius 1 is 0.946 bits per heavy atom. The summed E-state index contributed by atoms with van der Waals surface area (Å²) in [6.07, 6.45) is 13.0. The Morgan fingerprint density at radius 2 is 1.68 bits per heavy atom. The van der Waals surface area contributed by atoms with Crippen LogP contribution in [0.5, 0.6) is 5.75 Å². The highest BCUT2D eigenvalue weighted by atomic mass is 35.5. The van der Waals surface area contributed by atoms with Gasteiger partial charge < -0.3 is 14.7 Å². The van der Waals surface area contributed by atoms with Gasteiger partial charge >= 0.3 is 5.97 Å². The van der Waals surface area contributed by atoms with Crippen LogP contribution in [0.3, 0.4) is 0 Å². The summed E-state index contributed by atoms with van der Waals surface area (Å²) in [5, 5.41) is 9.41. The summed E-state index contributed by atoms with van der Waals surface area (Å²) in [6, 6.07) is 17.6. The maximum Gasteiger partial charge on any atom is 0.335 e. The third-order valence-electron chi connectivity index (χ3n) is 7.55. The zero-order chi connectivity index (χ0) is 24.7. The predicted octanol–water partition coefficient (Wildman–Crippen LogP) is 7.17. The molecule has 6 nitrogen and oxygen atoms in total. The third-order valence-corrected chi connectivity index (χ3v) is 7.55. The van der Waals surface area contributed by atoms with E-state index in [0.29, 0.717) is 29.9 Å². The van der Waals surface area contributed by atoms with Crippen LogP contribution in [0.4, 0.5) is 5.82 Å². The SMILES string of the molecule is Cl.O=C(O)c1cccc(CN(c2ccnc(-c3ccc(OCC4CCCCC4)cc3)n2)C2CCCC2)c1. The lowest BCUT2D eigenvalue weighted by molar-refractivity contribution is 0.0696. The summed E-state index contributed by atoms with van der Waals surface area (Å²) in [6.45, 7) is 1.42. The summed E-state index contributed by atoms with van der Waals surface area (Å²) in [5.41, 5.74) is 2.25. The summed E-state index contributed by atoms with van der Waals surface area (Å²) in [5.74, 6) is 2.24. The Balaban J connectivity index is 0.00000320. The van der Waals surface area contributed by atoms with Crippen LogP contribution in [-0.2, 0) is 6.54 Å². The molecule has 0 amide bonds. The third kappa shape index (κ3) is 7.01. The number of benzene rings is 2. The van der Waals surface area contributed by atoms with E-state index in [0.717, 1.165) is 42.1 Å². The van der Waals surface area contributed by atoms with Crippen molar-refractivity contribution in [2.75, 3.05) is 11.5 Å². The number of anilines is 1. The fraction of sp³-hybridized carbons (Fsp3) is 0.433. The number of halogens is 1. The molecule has 1 heterocycles. The van der Waals surface area contributed by atoms with E-state index in [2.05, 4.69) is 9.88 Å². The van der Waals surface area contributed by atoms with Crippen molar-refractivity contribution >= 4 is 24.2 Å². The zero-order valence-electron chi connectivity index (χ0n) is 21.2. The Kier molecular flexibility index (Phi) is 9.40. The highest BCUT2D eigenvalue weighted by Gasteiger charge is 2.25. The number of carbonyl (C=O) groups is 1. The lowest BCUT2D eigenvalue weighted by atomic mass is 9.90. The highest BCUT2D eigenvalue weighted by Crippen LogP contribution is 2.30. The van der Waals surface area contributed by atoms with Gasteiger partial charge in [0, 0.05) is 24.3 Å². The van der Waals surface area contributed by atoms with Gasteiger partial charge in [0.1, 0.15) is 11.6 Å². The molecule has 1 N–H and O–H groups in total. The lowest BCUT2D eigenvalue weighted by Gasteiger charge is -2.30. The molecule has 2 saturated carbocycles. The Labute approximate surface area is 225 Å². The van der Waals surface area contributed by atoms with Crippen molar-refractivity contribution < 1.29 is 14.6 Å². The van der Waals surface area contributed by atoms with Gasteiger partial charge in [-0.15, -0.1) is 12.4 Å². The van der Waals surface area contributed by atoms with Gasteiger partial charge in [-0.3, -0.25) is 0 Å². The lowest BCUT2D eigenvalue weighted by Crippen LogP contribution is -2.33. The number of aromatic nitrogens is 2. The first-order chi connectivity index (χ1) is 17.7. The minimum absolute atomic E-state index is 0. The monoisotopic (exact) mass is 521 g/mol. The molecule has 37 heavy (non-hydrogen) atoms. The average Bonchev–Trinajstić information content (AvgIpc) is 3.46. The molecule has 0 spiro atoms. The molecule has 2 fully saturated rings. The molecule has 196 valence electrons. The van der Waals surface area contributed by atoms with Crippen LogP contribution in [0.15, 0.2) is 60.8 Å². The second-order valence-corrected chi connectivity index (χ2v) is 10.1. The van der Waals surface area contributed by atoms with Gasteiger partial charge in [-0.2, -0.15) is 0 Å². The smallest absolute Gasteiger partial charge is 0.335 e. The zero-order valence-corrected chi connectivity index (χ0v) is 22.0. The average molecular weight is 522 g/mol. The quantitative estimate of drug-likeness (QED) is 0.321. The molecule has 0 aliphatic heterocycles. The number of ether oxygens (including phenoxy) is 1. The van der Waals surface area contributed by atoms with E-state index in [1.807, 2.05) is 48.7 Å². The molecule has 2 aliphatic carbocycles. The van der Waals surface area contributed by atoms with Crippen LogP contribution in [0.25, 0.3) is 11.4 Å². The molecule has 0 atom stereocenters. The van der Waals surface area contributed by atoms with Gasteiger partial charge in [0.15, 0.2) is 5.82 Å². The predicted molar refractivity (Wildman–Crippen MR) is 149 cm³/mol. The maximum absolute atomic E-state index is 11.5. The topological polar surface area (TPSA) is 75.5 Å². The van der Waals surface area contributed by atoms with Crippen LogP contribution in [0.1, 0.15) is 73.7 Å². The summed E-state index contributed by atoms with van der Waals surface area (Å²) in [4.78, 5) is 23.3. The first-order valence-corrected chi connectivity index (χ1v) is 13.3. The Morgan fingerprint density at radius 3 is 2.41 bits per heavy atom. The molecule has 5 rings (SSSR count).